The molecule has 118 valence electrons. The third-order valence-corrected chi connectivity index (χ3v) is 3.81. The molecule has 0 spiro atoms. The van der Waals surface area contributed by atoms with E-state index in [1.54, 1.807) is 6.92 Å². The fourth-order valence-corrected chi connectivity index (χ4v) is 2.70. The summed E-state index contributed by atoms with van der Waals surface area (Å²) < 4.78 is 0. The second-order valence-corrected chi connectivity index (χ2v) is 5.14. The van der Waals surface area contributed by atoms with Gasteiger partial charge in [-0.3, -0.25) is 10.6 Å². The first-order valence-electron chi connectivity index (χ1n) is 7.44. The highest BCUT2D eigenvalue weighted by molar-refractivity contribution is 5.69. The Morgan fingerprint density at radius 1 is 1.00 bits per heavy atom. The lowest BCUT2D eigenvalue weighted by molar-refractivity contribution is 0.109. The predicted octanol–water partition coefficient (Wildman–Crippen LogP) is 3.62. The zero-order valence-electron chi connectivity index (χ0n) is 12.7. The van der Waals surface area contributed by atoms with E-state index in [0.717, 1.165) is 38.5 Å². The number of carbonyl (C=O) groups is 2. The Morgan fingerprint density at radius 3 is 1.90 bits per heavy atom. The van der Waals surface area contributed by atoms with Crippen molar-refractivity contribution in [2.24, 2.45) is 5.92 Å². The molecule has 0 bridgehead atoms. The average molecular weight is 288 g/mol. The molecule has 0 aliphatic heterocycles. The summed E-state index contributed by atoms with van der Waals surface area (Å²) in [5, 5.41) is 22.8. The van der Waals surface area contributed by atoms with Crippen LogP contribution in [0.15, 0.2) is 0 Å². The molecule has 0 heterocycles. The number of carboxylic acid groups (broad SMARTS) is 2. The third-order valence-electron chi connectivity index (χ3n) is 3.81. The number of nitrogens with one attached hydrogen (secondary N) is 2. The molecule has 0 radical (unpaired) electrons. The zero-order chi connectivity index (χ0) is 15.6. The quantitative estimate of drug-likeness (QED) is 0.364. The van der Waals surface area contributed by atoms with E-state index in [9.17, 15) is 9.59 Å². The minimum Gasteiger partial charge on any atom is -0.465 e. The van der Waals surface area contributed by atoms with E-state index in [4.69, 9.17) is 10.2 Å². The maximum Gasteiger partial charge on any atom is 0.406 e. The predicted molar refractivity (Wildman–Crippen MR) is 77.9 cm³/mol. The van der Waals surface area contributed by atoms with Crippen molar-refractivity contribution < 1.29 is 19.8 Å². The number of amides is 2. The Morgan fingerprint density at radius 2 is 1.55 bits per heavy atom. The topological polar surface area (TPSA) is 98.7 Å². The van der Waals surface area contributed by atoms with Crippen molar-refractivity contribution in [3.8, 4) is 0 Å². The molecule has 0 fully saturated rings. The van der Waals surface area contributed by atoms with Gasteiger partial charge in [-0.2, -0.15) is 0 Å². The molecule has 6 heteroatoms. The molecule has 20 heavy (non-hydrogen) atoms. The monoisotopic (exact) mass is 288 g/mol. The SMILES string of the molecule is CCCCCCC(CC)C(CC)(NC(=O)O)NC(=O)O. The molecule has 0 rings (SSSR count). The molecule has 0 aromatic carbocycles. The van der Waals surface area contributed by atoms with Gasteiger partial charge < -0.3 is 10.2 Å². The first-order chi connectivity index (χ1) is 9.41. The number of unbranched alkanes of at least 4 members (excludes halogenated alkanes) is 3. The molecule has 0 aromatic heterocycles. The van der Waals surface area contributed by atoms with Crippen LogP contribution in [0, 0.1) is 5.92 Å². The highest BCUT2D eigenvalue weighted by Crippen LogP contribution is 2.27. The molecular weight excluding hydrogens is 260 g/mol. The van der Waals surface area contributed by atoms with Gasteiger partial charge in [0.05, 0.1) is 0 Å². The standard InChI is InChI=1S/C14H28N2O4/c1-4-7-8-9-10-11(5-2)14(6-3,15-12(17)18)16-13(19)20/h11,15-16H,4-10H2,1-3H3,(H,17,18)(H,19,20). The highest BCUT2D eigenvalue weighted by Gasteiger charge is 2.39. The summed E-state index contributed by atoms with van der Waals surface area (Å²) in [6.07, 6.45) is 3.87. The van der Waals surface area contributed by atoms with Crippen LogP contribution >= 0.6 is 0 Å². The van der Waals surface area contributed by atoms with E-state index in [0.29, 0.717) is 6.42 Å². The van der Waals surface area contributed by atoms with Crippen LogP contribution in [-0.2, 0) is 0 Å². The van der Waals surface area contributed by atoms with Gasteiger partial charge in [0.25, 0.3) is 0 Å². The van der Waals surface area contributed by atoms with Gasteiger partial charge >= 0.3 is 12.2 Å². The van der Waals surface area contributed by atoms with Gasteiger partial charge in [-0.1, -0.05) is 46.5 Å². The zero-order valence-corrected chi connectivity index (χ0v) is 12.7. The fourth-order valence-electron chi connectivity index (χ4n) is 2.70. The van der Waals surface area contributed by atoms with Crippen LogP contribution < -0.4 is 10.6 Å². The summed E-state index contributed by atoms with van der Waals surface area (Å²) in [6.45, 7) is 5.88. The number of rotatable bonds is 10. The Kier molecular flexibility index (Phi) is 8.76. The van der Waals surface area contributed by atoms with Crippen molar-refractivity contribution in [1.82, 2.24) is 10.6 Å². The summed E-state index contributed by atoms with van der Waals surface area (Å²) in [5.74, 6) is -0.0449. The number of hydrogen-bond acceptors (Lipinski definition) is 2. The second-order valence-electron chi connectivity index (χ2n) is 5.14. The van der Waals surface area contributed by atoms with Gasteiger partial charge in [0.1, 0.15) is 5.66 Å². The van der Waals surface area contributed by atoms with Crippen LogP contribution in [0.3, 0.4) is 0 Å². The Labute approximate surface area is 120 Å². The van der Waals surface area contributed by atoms with Crippen molar-refractivity contribution >= 4 is 12.2 Å². The molecule has 6 nitrogen and oxygen atoms in total. The molecule has 0 saturated heterocycles. The van der Waals surface area contributed by atoms with E-state index in [2.05, 4.69) is 17.6 Å². The molecule has 4 N–H and O–H groups in total. The van der Waals surface area contributed by atoms with Gasteiger partial charge in [0.15, 0.2) is 0 Å². The largest absolute Gasteiger partial charge is 0.465 e. The van der Waals surface area contributed by atoms with Gasteiger partial charge in [-0.25, -0.2) is 9.59 Å². The summed E-state index contributed by atoms with van der Waals surface area (Å²) in [7, 11) is 0. The first-order valence-corrected chi connectivity index (χ1v) is 7.44. The fraction of sp³-hybridized carbons (Fsp3) is 0.857. The van der Waals surface area contributed by atoms with Gasteiger partial charge in [-0.05, 0) is 19.3 Å². The second kappa shape index (κ2) is 9.44. The van der Waals surface area contributed by atoms with Crippen molar-refractivity contribution in [2.75, 3.05) is 0 Å². The van der Waals surface area contributed by atoms with Gasteiger partial charge in [-0.15, -0.1) is 0 Å². The van der Waals surface area contributed by atoms with Crippen molar-refractivity contribution in [3.05, 3.63) is 0 Å². The first kappa shape index (κ1) is 18.5. The molecule has 0 aliphatic rings. The number of hydrogen-bond donors (Lipinski definition) is 4. The van der Waals surface area contributed by atoms with Gasteiger partial charge in [0.2, 0.25) is 0 Å². The molecule has 0 saturated carbocycles. The van der Waals surface area contributed by atoms with E-state index >= 15 is 0 Å². The van der Waals surface area contributed by atoms with Crippen molar-refractivity contribution in [1.29, 1.82) is 0 Å². The lowest BCUT2D eigenvalue weighted by atomic mass is 9.83. The van der Waals surface area contributed by atoms with Crippen molar-refractivity contribution in [3.63, 3.8) is 0 Å². The summed E-state index contributed by atoms with van der Waals surface area (Å²) in [5.41, 5.74) is -1.10. The maximum atomic E-state index is 11.0. The van der Waals surface area contributed by atoms with Crippen LogP contribution in [0.25, 0.3) is 0 Å². The summed E-state index contributed by atoms with van der Waals surface area (Å²) in [6, 6.07) is 0. The van der Waals surface area contributed by atoms with E-state index in [1.807, 2.05) is 6.92 Å². The van der Waals surface area contributed by atoms with Crippen LogP contribution in [0.4, 0.5) is 9.59 Å². The van der Waals surface area contributed by atoms with E-state index < -0.39 is 17.8 Å². The van der Waals surface area contributed by atoms with E-state index in [1.165, 1.54) is 0 Å². The van der Waals surface area contributed by atoms with Crippen LogP contribution in [0.5, 0.6) is 0 Å². The summed E-state index contributed by atoms with van der Waals surface area (Å²) in [4.78, 5) is 22.0. The minimum absolute atomic E-state index is 0.0449. The molecule has 2 amide bonds. The summed E-state index contributed by atoms with van der Waals surface area (Å²) >= 11 is 0. The Bertz CT molecular complexity index is 292. The lowest BCUT2D eigenvalue weighted by Gasteiger charge is -2.39. The third kappa shape index (κ3) is 6.12. The molecule has 1 atom stereocenters. The molecule has 0 aliphatic carbocycles. The molecular formula is C14H28N2O4. The average Bonchev–Trinajstić information content (AvgIpc) is 2.36. The molecule has 0 aromatic rings. The lowest BCUT2D eigenvalue weighted by Crippen LogP contribution is -2.64. The van der Waals surface area contributed by atoms with Crippen LogP contribution in [0.2, 0.25) is 0 Å². The van der Waals surface area contributed by atoms with Gasteiger partial charge in [0, 0.05) is 5.92 Å². The van der Waals surface area contributed by atoms with Crippen molar-refractivity contribution in [2.45, 2.75) is 71.4 Å². The van der Waals surface area contributed by atoms with Crippen LogP contribution in [-0.4, -0.2) is 28.1 Å². The Hall–Kier alpha value is -1.46. The van der Waals surface area contributed by atoms with Crippen LogP contribution in [0.1, 0.15) is 65.7 Å². The normalized spacial score (nSPS) is 12.8. The Balaban J connectivity index is 4.90. The minimum atomic E-state index is -1.20. The maximum absolute atomic E-state index is 11.0. The highest BCUT2D eigenvalue weighted by atomic mass is 16.4. The van der Waals surface area contributed by atoms with E-state index in [-0.39, 0.29) is 5.92 Å². The molecule has 1 unspecified atom stereocenters. The smallest absolute Gasteiger partial charge is 0.406 e.